The number of halogens is 1. The number of hydrogen-bond donors (Lipinski definition) is 4. The van der Waals surface area contributed by atoms with Crippen molar-refractivity contribution in [2.24, 2.45) is 17.6 Å². The third kappa shape index (κ3) is 5.54. The maximum atomic E-state index is 12.3. The molecule has 0 aromatic heterocycles. The van der Waals surface area contributed by atoms with Crippen LogP contribution in [0.25, 0.3) is 0 Å². The Morgan fingerprint density at radius 2 is 1.79 bits per heavy atom. The molecule has 0 unspecified atom stereocenters. The topological polar surface area (TPSA) is 96.2 Å². The van der Waals surface area contributed by atoms with Gasteiger partial charge in [-0.2, -0.15) is 0 Å². The van der Waals surface area contributed by atoms with Gasteiger partial charge in [0.25, 0.3) is 0 Å². The first-order valence-corrected chi connectivity index (χ1v) is 7.90. The van der Waals surface area contributed by atoms with E-state index in [1.165, 1.54) is 0 Å². The van der Waals surface area contributed by atoms with Crippen LogP contribution in [0.1, 0.15) is 19.3 Å². The van der Waals surface area contributed by atoms with Crippen molar-refractivity contribution in [2.75, 3.05) is 23.7 Å². The SMILES string of the molecule is C=CCNC(=O)Nc1ccc(NC(=O)[C@@H]2CCC[C@@H]2CN)cc1.Cl. The number of amides is 3. The lowest BCUT2D eigenvalue weighted by atomic mass is 9.95. The third-order valence-electron chi connectivity index (χ3n) is 4.12. The minimum absolute atomic E-state index is 0. The van der Waals surface area contributed by atoms with Crippen molar-refractivity contribution in [3.63, 3.8) is 0 Å². The van der Waals surface area contributed by atoms with E-state index in [9.17, 15) is 9.59 Å². The Balaban J connectivity index is 0.00000288. The van der Waals surface area contributed by atoms with Crippen LogP contribution in [0.15, 0.2) is 36.9 Å². The van der Waals surface area contributed by atoms with Gasteiger partial charge in [-0.3, -0.25) is 4.79 Å². The van der Waals surface area contributed by atoms with Crippen molar-refractivity contribution in [3.05, 3.63) is 36.9 Å². The van der Waals surface area contributed by atoms with Gasteiger partial charge < -0.3 is 21.7 Å². The molecule has 3 amide bonds. The number of nitrogens with two attached hydrogens (primary N) is 1. The van der Waals surface area contributed by atoms with Gasteiger partial charge in [0.15, 0.2) is 0 Å². The van der Waals surface area contributed by atoms with E-state index >= 15 is 0 Å². The van der Waals surface area contributed by atoms with Crippen LogP contribution in [0.3, 0.4) is 0 Å². The maximum Gasteiger partial charge on any atom is 0.319 e. The molecule has 1 saturated carbocycles. The van der Waals surface area contributed by atoms with E-state index in [0.29, 0.717) is 18.8 Å². The number of hydrogen-bond acceptors (Lipinski definition) is 3. The predicted molar refractivity (Wildman–Crippen MR) is 99.4 cm³/mol. The molecular weight excluding hydrogens is 328 g/mol. The molecule has 2 atom stereocenters. The second-order valence-electron chi connectivity index (χ2n) is 5.72. The Morgan fingerprint density at radius 3 is 2.38 bits per heavy atom. The average Bonchev–Trinajstić information content (AvgIpc) is 3.03. The second kappa shape index (κ2) is 9.95. The molecule has 0 bridgehead atoms. The fourth-order valence-electron chi connectivity index (χ4n) is 2.88. The van der Waals surface area contributed by atoms with E-state index in [0.717, 1.165) is 24.9 Å². The number of carbonyl (C=O) groups is 2. The van der Waals surface area contributed by atoms with Gasteiger partial charge in [-0.25, -0.2) is 4.79 Å². The van der Waals surface area contributed by atoms with Gasteiger partial charge in [-0.1, -0.05) is 12.5 Å². The van der Waals surface area contributed by atoms with Crippen molar-refractivity contribution in [2.45, 2.75) is 19.3 Å². The Hall–Kier alpha value is -2.05. The first-order valence-electron chi connectivity index (χ1n) is 7.90. The molecule has 1 aliphatic rings. The summed E-state index contributed by atoms with van der Waals surface area (Å²) in [5, 5.41) is 8.25. The molecule has 1 fully saturated rings. The minimum atomic E-state index is -0.293. The standard InChI is InChI=1S/C17H24N4O2.ClH/c1-2-10-19-17(23)21-14-8-6-13(7-9-14)20-16(22)15-5-3-4-12(15)11-18;/h2,6-9,12,15H,1,3-5,10-11,18H2,(H,20,22)(H2,19,21,23);1H/t12-,15-;/m1./s1. The largest absolute Gasteiger partial charge is 0.334 e. The van der Waals surface area contributed by atoms with Gasteiger partial charge in [-0.05, 0) is 49.6 Å². The van der Waals surface area contributed by atoms with Gasteiger partial charge in [0.2, 0.25) is 5.91 Å². The van der Waals surface area contributed by atoms with E-state index in [1.807, 2.05) is 0 Å². The van der Waals surface area contributed by atoms with E-state index in [1.54, 1.807) is 30.3 Å². The highest BCUT2D eigenvalue weighted by atomic mass is 35.5. The molecule has 0 saturated heterocycles. The number of nitrogens with one attached hydrogen (secondary N) is 3. The number of carbonyl (C=O) groups excluding carboxylic acids is 2. The molecule has 5 N–H and O–H groups in total. The predicted octanol–water partition coefficient (Wildman–Crippen LogP) is 2.73. The normalized spacial score (nSPS) is 19.0. The lowest BCUT2D eigenvalue weighted by Gasteiger charge is -2.17. The smallest absolute Gasteiger partial charge is 0.319 e. The Bertz CT molecular complexity index is 562. The summed E-state index contributed by atoms with van der Waals surface area (Å²) in [6.45, 7) is 4.50. The van der Waals surface area contributed by atoms with Gasteiger partial charge >= 0.3 is 6.03 Å². The molecule has 0 aliphatic heterocycles. The lowest BCUT2D eigenvalue weighted by molar-refractivity contribution is -0.120. The minimum Gasteiger partial charge on any atom is -0.334 e. The summed E-state index contributed by atoms with van der Waals surface area (Å²) in [5.41, 5.74) is 7.10. The average molecular weight is 353 g/mol. The number of urea groups is 1. The quantitative estimate of drug-likeness (QED) is 0.593. The van der Waals surface area contributed by atoms with Crippen LogP contribution in [0.5, 0.6) is 0 Å². The zero-order chi connectivity index (χ0) is 16.7. The molecule has 24 heavy (non-hydrogen) atoms. The number of benzene rings is 1. The Labute approximate surface area is 148 Å². The van der Waals surface area contributed by atoms with E-state index < -0.39 is 0 Å². The number of anilines is 2. The summed E-state index contributed by atoms with van der Waals surface area (Å²) in [4.78, 5) is 23.8. The first-order chi connectivity index (χ1) is 11.1. The van der Waals surface area contributed by atoms with Crippen LogP contribution < -0.4 is 21.7 Å². The van der Waals surface area contributed by atoms with E-state index in [4.69, 9.17) is 5.73 Å². The van der Waals surface area contributed by atoms with Crippen LogP contribution in [0.2, 0.25) is 0 Å². The van der Waals surface area contributed by atoms with Crippen molar-refractivity contribution in [1.29, 1.82) is 0 Å². The van der Waals surface area contributed by atoms with Crippen molar-refractivity contribution in [3.8, 4) is 0 Å². The van der Waals surface area contributed by atoms with Crippen LogP contribution in [0, 0.1) is 11.8 Å². The molecule has 6 nitrogen and oxygen atoms in total. The molecular formula is C17H25ClN4O2. The highest BCUT2D eigenvalue weighted by Crippen LogP contribution is 2.31. The zero-order valence-electron chi connectivity index (χ0n) is 13.6. The summed E-state index contributed by atoms with van der Waals surface area (Å²) in [6.07, 6.45) is 4.59. The molecule has 7 heteroatoms. The maximum absolute atomic E-state index is 12.3. The number of rotatable bonds is 6. The highest BCUT2D eigenvalue weighted by Gasteiger charge is 2.31. The fourth-order valence-corrected chi connectivity index (χ4v) is 2.88. The summed E-state index contributed by atoms with van der Waals surface area (Å²) in [5.74, 6) is 0.314. The molecule has 1 aromatic carbocycles. The van der Waals surface area contributed by atoms with Gasteiger partial charge in [0, 0.05) is 23.8 Å². The third-order valence-corrected chi connectivity index (χ3v) is 4.12. The lowest BCUT2D eigenvalue weighted by Crippen LogP contribution is -2.30. The highest BCUT2D eigenvalue weighted by molar-refractivity contribution is 5.94. The Morgan fingerprint density at radius 1 is 1.17 bits per heavy atom. The van der Waals surface area contributed by atoms with Crippen molar-refractivity contribution < 1.29 is 9.59 Å². The van der Waals surface area contributed by atoms with Crippen LogP contribution in [-0.2, 0) is 4.79 Å². The molecule has 132 valence electrons. The van der Waals surface area contributed by atoms with Crippen LogP contribution >= 0.6 is 12.4 Å². The van der Waals surface area contributed by atoms with E-state index in [2.05, 4.69) is 22.5 Å². The molecule has 1 aromatic rings. The van der Waals surface area contributed by atoms with Crippen molar-refractivity contribution in [1.82, 2.24) is 5.32 Å². The zero-order valence-corrected chi connectivity index (χ0v) is 14.4. The van der Waals surface area contributed by atoms with Crippen molar-refractivity contribution >= 4 is 35.7 Å². The van der Waals surface area contributed by atoms with Gasteiger partial charge in [0.1, 0.15) is 0 Å². The Kier molecular flexibility index (Phi) is 8.29. The van der Waals surface area contributed by atoms with Gasteiger partial charge in [0.05, 0.1) is 0 Å². The summed E-state index contributed by atoms with van der Waals surface area (Å²) < 4.78 is 0. The summed E-state index contributed by atoms with van der Waals surface area (Å²) in [6, 6.07) is 6.75. The first kappa shape index (κ1) is 20.0. The molecule has 0 radical (unpaired) electrons. The fraction of sp³-hybridized carbons (Fsp3) is 0.412. The molecule has 0 spiro atoms. The monoisotopic (exact) mass is 352 g/mol. The molecule has 2 rings (SSSR count). The second-order valence-corrected chi connectivity index (χ2v) is 5.72. The van der Waals surface area contributed by atoms with Gasteiger partial charge in [-0.15, -0.1) is 19.0 Å². The summed E-state index contributed by atoms with van der Waals surface area (Å²) in [7, 11) is 0. The van der Waals surface area contributed by atoms with E-state index in [-0.39, 0.29) is 36.2 Å². The summed E-state index contributed by atoms with van der Waals surface area (Å²) >= 11 is 0. The molecule has 1 aliphatic carbocycles. The van der Waals surface area contributed by atoms with Crippen LogP contribution in [0.4, 0.5) is 16.2 Å². The van der Waals surface area contributed by atoms with Crippen LogP contribution in [-0.4, -0.2) is 25.0 Å². The molecule has 0 heterocycles.